The molecule has 120 valence electrons. The molecular formula is C16H28NO3P. The van der Waals surface area contributed by atoms with Crippen LogP contribution in [0.25, 0.3) is 0 Å². The van der Waals surface area contributed by atoms with E-state index >= 15 is 0 Å². The van der Waals surface area contributed by atoms with Crippen molar-refractivity contribution < 1.29 is 13.9 Å². The van der Waals surface area contributed by atoms with E-state index in [1.807, 2.05) is 17.7 Å². The van der Waals surface area contributed by atoms with Crippen molar-refractivity contribution in [2.45, 2.75) is 71.4 Å². The molecule has 1 saturated heterocycles. The lowest BCUT2D eigenvalue weighted by Crippen LogP contribution is -2.43. The molecule has 0 aromatic carbocycles. The first-order valence-electron chi connectivity index (χ1n) is 7.96. The van der Waals surface area contributed by atoms with Crippen molar-refractivity contribution in [2.24, 2.45) is 5.92 Å². The maximum absolute atomic E-state index is 13.2. The summed E-state index contributed by atoms with van der Waals surface area (Å²) >= 11 is 0. The average Bonchev–Trinajstić information content (AvgIpc) is 2.72. The van der Waals surface area contributed by atoms with E-state index in [1.54, 1.807) is 5.82 Å². The van der Waals surface area contributed by atoms with Gasteiger partial charge in [-0.2, -0.15) is 0 Å². The highest BCUT2D eigenvalue weighted by Gasteiger charge is 2.41. The van der Waals surface area contributed by atoms with Gasteiger partial charge in [0, 0.05) is 30.7 Å². The second-order valence-electron chi connectivity index (χ2n) is 7.33. The average molecular weight is 313 g/mol. The van der Waals surface area contributed by atoms with Crippen molar-refractivity contribution in [1.82, 2.24) is 4.67 Å². The van der Waals surface area contributed by atoms with Crippen LogP contribution in [0.15, 0.2) is 11.9 Å². The first kappa shape index (κ1) is 16.9. The monoisotopic (exact) mass is 313 g/mol. The fourth-order valence-electron chi connectivity index (χ4n) is 3.16. The van der Waals surface area contributed by atoms with Gasteiger partial charge in [-0.1, -0.05) is 6.08 Å². The lowest BCUT2D eigenvalue weighted by molar-refractivity contribution is -0.117. The van der Waals surface area contributed by atoms with Gasteiger partial charge in [-0.3, -0.25) is 9.36 Å². The third kappa shape index (κ3) is 4.28. The van der Waals surface area contributed by atoms with Crippen LogP contribution in [0.2, 0.25) is 0 Å². The minimum absolute atomic E-state index is 0.0344. The second kappa shape index (κ2) is 6.36. The number of carbonyl (C=O) groups excluding carboxylic acids is 1. The molecule has 0 N–H and O–H groups in total. The number of allylic oxidation sites excluding steroid dienone is 1. The van der Waals surface area contributed by atoms with Crippen molar-refractivity contribution in [3.63, 3.8) is 0 Å². The smallest absolute Gasteiger partial charge is 0.295 e. The van der Waals surface area contributed by atoms with Crippen LogP contribution in [-0.2, 0) is 13.9 Å². The van der Waals surface area contributed by atoms with Crippen LogP contribution in [0.1, 0.15) is 59.8 Å². The van der Waals surface area contributed by atoms with Crippen molar-refractivity contribution in [2.75, 3.05) is 6.54 Å². The molecule has 1 unspecified atom stereocenters. The molecule has 1 aliphatic heterocycles. The SMILES string of the molecule is C[C@H]1CCN(C(C)(C)C)[P@](=O)(/C=C/CC2CCC(=O)C2)O1. The minimum atomic E-state index is -2.91. The Morgan fingerprint density at radius 1 is 1.38 bits per heavy atom. The van der Waals surface area contributed by atoms with Crippen LogP contribution in [0, 0.1) is 5.92 Å². The number of Topliss-reactive ketones (excluding diaryl/α,β-unsaturated/α-hetero) is 1. The quantitative estimate of drug-likeness (QED) is 0.726. The van der Waals surface area contributed by atoms with Crippen LogP contribution in [-0.4, -0.2) is 28.6 Å². The van der Waals surface area contributed by atoms with E-state index in [1.165, 1.54) is 0 Å². The molecule has 2 rings (SSSR count). The molecule has 1 aliphatic carbocycles. The van der Waals surface area contributed by atoms with Crippen LogP contribution >= 0.6 is 7.52 Å². The molecule has 2 fully saturated rings. The van der Waals surface area contributed by atoms with E-state index in [0.29, 0.717) is 24.5 Å². The molecule has 0 aromatic rings. The molecule has 0 aromatic heterocycles. The fourth-order valence-corrected chi connectivity index (χ4v) is 5.74. The van der Waals surface area contributed by atoms with Gasteiger partial charge in [0.05, 0.1) is 6.10 Å². The Morgan fingerprint density at radius 3 is 2.67 bits per heavy atom. The van der Waals surface area contributed by atoms with Crippen molar-refractivity contribution in [3.8, 4) is 0 Å². The predicted molar refractivity (Wildman–Crippen MR) is 85.3 cm³/mol. The summed E-state index contributed by atoms with van der Waals surface area (Å²) in [6, 6.07) is 0. The normalized spacial score (nSPS) is 35.7. The Kier molecular flexibility index (Phi) is 5.12. The van der Waals surface area contributed by atoms with Gasteiger partial charge in [0.25, 0.3) is 7.52 Å². The molecule has 2 aliphatic rings. The Balaban J connectivity index is 2.05. The summed E-state index contributed by atoms with van der Waals surface area (Å²) in [6.45, 7) is 9.00. The van der Waals surface area contributed by atoms with Crippen molar-refractivity contribution in [3.05, 3.63) is 11.9 Å². The molecule has 0 radical (unpaired) electrons. The predicted octanol–water partition coefficient (Wildman–Crippen LogP) is 4.36. The van der Waals surface area contributed by atoms with Gasteiger partial charge < -0.3 is 4.52 Å². The Morgan fingerprint density at radius 2 is 2.10 bits per heavy atom. The highest BCUT2D eigenvalue weighted by Crippen LogP contribution is 2.59. The zero-order valence-corrected chi connectivity index (χ0v) is 14.6. The topological polar surface area (TPSA) is 46.6 Å². The lowest BCUT2D eigenvalue weighted by atomic mass is 10.0. The second-order valence-corrected chi connectivity index (χ2v) is 9.45. The zero-order valence-electron chi connectivity index (χ0n) is 13.7. The number of nitrogens with zero attached hydrogens (tertiary/aromatic N) is 1. The maximum atomic E-state index is 13.2. The summed E-state index contributed by atoms with van der Waals surface area (Å²) in [5.74, 6) is 2.56. The van der Waals surface area contributed by atoms with Gasteiger partial charge in [0.2, 0.25) is 0 Å². The molecule has 5 heteroatoms. The van der Waals surface area contributed by atoms with Gasteiger partial charge in [0.15, 0.2) is 0 Å². The van der Waals surface area contributed by atoms with Gasteiger partial charge in [-0.25, -0.2) is 4.67 Å². The molecule has 0 spiro atoms. The van der Waals surface area contributed by atoms with Gasteiger partial charge >= 0.3 is 0 Å². The maximum Gasteiger partial charge on any atom is 0.295 e. The van der Waals surface area contributed by atoms with E-state index in [-0.39, 0.29) is 11.6 Å². The largest absolute Gasteiger partial charge is 0.311 e. The standard InChI is InChI=1S/C16H28NO3P/c1-13-9-10-17(16(2,3)4)21(19,20-13)11-5-6-14-7-8-15(18)12-14/h5,11,13-14H,6-10,12H2,1-4H3/b11-5+/t13-,14?,21-/m0/s1. The van der Waals surface area contributed by atoms with Gasteiger partial charge in [-0.05, 0) is 52.9 Å². The molecule has 0 bridgehead atoms. The summed E-state index contributed by atoms with van der Waals surface area (Å²) in [6.07, 6.45) is 6.09. The molecule has 1 saturated carbocycles. The number of hydrogen-bond acceptors (Lipinski definition) is 3. The Labute approximate surface area is 128 Å². The highest BCUT2D eigenvalue weighted by molar-refractivity contribution is 7.59. The van der Waals surface area contributed by atoms with Gasteiger partial charge in [-0.15, -0.1) is 0 Å². The Bertz CT molecular complexity index is 467. The third-order valence-electron chi connectivity index (χ3n) is 4.30. The van der Waals surface area contributed by atoms with Crippen LogP contribution in [0.5, 0.6) is 0 Å². The van der Waals surface area contributed by atoms with E-state index in [0.717, 1.165) is 25.8 Å². The first-order valence-corrected chi connectivity index (χ1v) is 9.61. The number of rotatable bonds is 3. The van der Waals surface area contributed by atoms with Gasteiger partial charge in [0.1, 0.15) is 5.78 Å². The molecule has 21 heavy (non-hydrogen) atoms. The van der Waals surface area contributed by atoms with Crippen molar-refractivity contribution in [1.29, 1.82) is 0 Å². The molecule has 0 amide bonds. The molecule has 4 nitrogen and oxygen atoms in total. The highest BCUT2D eigenvalue weighted by atomic mass is 31.2. The fraction of sp³-hybridized carbons (Fsp3) is 0.812. The van der Waals surface area contributed by atoms with E-state index < -0.39 is 7.52 Å². The number of hydrogen-bond donors (Lipinski definition) is 0. The summed E-state index contributed by atoms with van der Waals surface area (Å²) in [5.41, 5.74) is -0.177. The molecular weight excluding hydrogens is 285 g/mol. The summed E-state index contributed by atoms with van der Waals surface area (Å²) in [7, 11) is -2.91. The summed E-state index contributed by atoms with van der Waals surface area (Å²) in [4.78, 5) is 11.3. The molecule has 1 heterocycles. The lowest BCUT2D eigenvalue weighted by Gasteiger charge is -2.44. The Hall–Kier alpha value is -0.440. The summed E-state index contributed by atoms with van der Waals surface area (Å²) < 4.78 is 21.0. The van der Waals surface area contributed by atoms with Crippen LogP contribution in [0.4, 0.5) is 0 Å². The van der Waals surface area contributed by atoms with Crippen LogP contribution < -0.4 is 0 Å². The summed E-state index contributed by atoms with van der Waals surface area (Å²) in [5, 5.41) is 0. The third-order valence-corrected chi connectivity index (χ3v) is 7.02. The van der Waals surface area contributed by atoms with E-state index in [2.05, 4.69) is 20.8 Å². The number of carbonyl (C=O) groups is 1. The van der Waals surface area contributed by atoms with Crippen molar-refractivity contribution >= 4 is 13.3 Å². The van der Waals surface area contributed by atoms with Crippen LogP contribution in [0.3, 0.4) is 0 Å². The first-order chi connectivity index (χ1) is 9.71. The minimum Gasteiger partial charge on any atom is -0.311 e. The zero-order chi connectivity index (χ0) is 15.7. The van der Waals surface area contributed by atoms with E-state index in [4.69, 9.17) is 4.52 Å². The number of ketones is 1. The van der Waals surface area contributed by atoms with E-state index in [9.17, 15) is 9.36 Å². The molecule has 3 atom stereocenters.